The Labute approximate surface area is 66.9 Å². The van der Waals surface area contributed by atoms with Crippen molar-refractivity contribution < 1.29 is 4.79 Å². The Morgan fingerprint density at radius 3 is 2.64 bits per heavy atom. The molecule has 11 heavy (non-hydrogen) atoms. The van der Waals surface area contributed by atoms with Crippen LogP contribution in [0.5, 0.6) is 0 Å². The number of amides is 1. The van der Waals surface area contributed by atoms with Gasteiger partial charge in [-0.2, -0.15) is 0 Å². The second-order valence-corrected chi connectivity index (χ2v) is 2.03. The summed E-state index contributed by atoms with van der Waals surface area (Å²) < 4.78 is 0. The molecule has 0 aromatic carbocycles. The third-order valence-corrected chi connectivity index (χ3v) is 1.24. The first-order chi connectivity index (χ1) is 5.26. The summed E-state index contributed by atoms with van der Waals surface area (Å²) in [6, 6.07) is 0. The quantitative estimate of drug-likeness (QED) is 0.208. The highest BCUT2D eigenvalue weighted by Gasteiger charge is 1.99. The zero-order valence-electron chi connectivity index (χ0n) is 6.92. The lowest BCUT2D eigenvalue weighted by atomic mass is 10.2. The second-order valence-electron chi connectivity index (χ2n) is 2.03. The van der Waals surface area contributed by atoms with Crippen molar-refractivity contribution in [1.29, 1.82) is 0 Å². The summed E-state index contributed by atoms with van der Waals surface area (Å²) in [5.41, 5.74) is 2.66. The molecule has 0 saturated heterocycles. The van der Waals surface area contributed by atoms with E-state index in [0.717, 1.165) is 6.42 Å². The highest BCUT2D eigenvalue weighted by atomic mass is 16.2. The summed E-state index contributed by atoms with van der Waals surface area (Å²) in [6.45, 7) is 3.80. The molecule has 62 valence electrons. The largest absolute Gasteiger partial charge is 0.290 e. The van der Waals surface area contributed by atoms with Gasteiger partial charge in [-0.25, -0.2) is 5.84 Å². The van der Waals surface area contributed by atoms with Gasteiger partial charge in [-0.05, 0) is 13.3 Å². The lowest BCUT2D eigenvalue weighted by molar-refractivity contribution is -0.117. The number of hydrogen-bond acceptors (Lipinski definition) is 2. The van der Waals surface area contributed by atoms with Crippen LogP contribution >= 0.6 is 0 Å². The molecule has 0 radical (unpaired) electrons. The summed E-state index contributed by atoms with van der Waals surface area (Å²) in [5, 5.41) is 0. The summed E-state index contributed by atoms with van der Waals surface area (Å²) >= 11 is 0. The Bertz CT molecular complexity index is 183. The zero-order valence-corrected chi connectivity index (χ0v) is 6.92. The first-order valence-electron chi connectivity index (χ1n) is 3.60. The maximum atomic E-state index is 10.9. The Balaban J connectivity index is 4.19. The molecule has 0 bridgehead atoms. The van der Waals surface area contributed by atoms with Crippen molar-refractivity contribution in [2.75, 3.05) is 0 Å². The van der Waals surface area contributed by atoms with Crippen LogP contribution in [0, 0.1) is 0 Å². The van der Waals surface area contributed by atoms with Crippen LogP contribution in [0.15, 0.2) is 23.8 Å². The van der Waals surface area contributed by atoms with Crippen molar-refractivity contribution in [2.45, 2.75) is 20.3 Å². The molecule has 0 fully saturated rings. The van der Waals surface area contributed by atoms with Gasteiger partial charge in [0.2, 0.25) is 0 Å². The first kappa shape index (κ1) is 9.91. The lowest BCUT2D eigenvalue weighted by Gasteiger charge is -1.97. The molecule has 0 saturated carbocycles. The van der Waals surface area contributed by atoms with Gasteiger partial charge >= 0.3 is 0 Å². The van der Waals surface area contributed by atoms with E-state index in [2.05, 4.69) is 5.43 Å². The SMILES string of the molecule is C/C=C(\C=C/CC)C(=O)NN. The fourth-order valence-electron chi connectivity index (χ4n) is 0.631. The predicted molar refractivity (Wildman–Crippen MR) is 45.5 cm³/mol. The van der Waals surface area contributed by atoms with Gasteiger partial charge in [0.05, 0.1) is 0 Å². The summed E-state index contributed by atoms with van der Waals surface area (Å²) in [6.07, 6.45) is 6.29. The summed E-state index contributed by atoms with van der Waals surface area (Å²) in [5.74, 6) is 4.69. The minimum atomic E-state index is -0.253. The molecule has 0 rings (SSSR count). The van der Waals surface area contributed by atoms with E-state index in [0.29, 0.717) is 5.57 Å². The number of rotatable bonds is 3. The van der Waals surface area contributed by atoms with Crippen LogP contribution in [-0.2, 0) is 4.79 Å². The third-order valence-electron chi connectivity index (χ3n) is 1.24. The first-order valence-corrected chi connectivity index (χ1v) is 3.60. The Morgan fingerprint density at radius 2 is 2.27 bits per heavy atom. The second kappa shape index (κ2) is 5.68. The van der Waals surface area contributed by atoms with Gasteiger partial charge in [0.25, 0.3) is 5.91 Å². The van der Waals surface area contributed by atoms with Crippen LogP contribution in [0.2, 0.25) is 0 Å². The van der Waals surface area contributed by atoms with E-state index in [1.54, 1.807) is 19.1 Å². The zero-order chi connectivity index (χ0) is 8.69. The van der Waals surface area contributed by atoms with Gasteiger partial charge in [-0.1, -0.05) is 25.2 Å². The number of carbonyl (C=O) groups excluding carboxylic acids is 1. The van der Waals surface area contributed by atoms with Crippen LogP contribution < -0.4 is 11.3 Å². The van der Waals surface area contributed by atoms with Gasteiger partial charge in [0.15, 0.2) is 0 Å². The number of nitrogens with two attached hydrogens (primary N) is 1. The van der Waals surface area contributed by atoms with Crippen molar-refractivity contribution in [3.8, 4) is 0 Å². The van der Waals surface area contributed by atoms with E-state index in [1.807, 2.05) is 13.0 Å². The molecule has 0 aliphatic carbocycles. The van der Waals surface area contributed by atoms with Crippen molar-refractivity contribution >= 4 is 5.91 Å². The van der Waals surface area contributed by atoms with E-state index in [9.17, 15) is 4.79 Å². The highest BCUT2D eigenvalue weighted by molar-refractivity contribution is 5.95. The van der Waals surface area contributed by atoms with E-state index in [-0.39, 0.29) is 5.91 Å². The minimum Gasteiger partial charge on any atom is -0.290 e. The van der Waals surface area contributed by atoms with Gasteiger partial charge < -0.3 is 0 Å². The molecule has 0 aliphatic rings. The standard InChI is InChI=1S/C8H14N2O/c1-3-5-6-7(4-2)8(11)10-9/h4-6H,3,9H2,1-2H3,(H,10,11)/b6-5-,7-4+. The van der Waals surface area contributed by atoms with Crippen molar-refractivity contribution in [1.82, 2.24) is 5.43 Å². The molecule has 0 heterocycles. The molecular weight excluding hydrogens is 140 g/mol. The van der Waals surface area contributed by atoms with E-state index in [4.69, 9.17) is 5.84 Å². The minimum absolute atomic E-state index is 0.253. The van der Waals surface area contributed by atoms with Gasteiger partial charge in [0.1, 0.15) is 0 Å². The molecule has 0 aliphatic heterocycles. The summed E-state index contributed by atoms with van der Waals surface area (Å²) in [7, 11) is 0. The number of hydrogen-bond donors (Lipinski definition) is 2. The van der Waals surface area contributed by atoms with Crippen molar-refractivity contribution in [2.24, 2.45) is 5.84 Å². The number of allylic oxidation sites excluding steroid dienone is 2. The Morgan fingerprint density at radius 1 is 1.64 bits per heavy atom. The molecular formula is C8H14N2O. The third kappa shape index (κ3) is 3.57. The molecule has 0 unspecified atom stereocenters. The lowest BCUT2D eigenvalue weighted by Crippen LogP contribution is -2.30. The van der Waals surface area contributed by atoms with Crippen LogP contribution in [0.4, 0.5) is 0 Å². The van der Waals surface area contributed by atoms with Crippen molar-refractivity contribution in [3.05, 3.63) is 23.8 Å². The topological polar surface area (TPSA) is 55.1 Å². The molecule has 1 amide bonds. The monoisotopic (exact) mass is 154 g/mol. The normalized spacial score (nSPS) is 12.1. The van der Waals surface area contributed by atoms with Crippen LogP contribution in [-0.4, -0.2) is 5.91 Å². The highest BCUT2D eigenvalue weighted by Crippen LogP contribution is 1.96. The molecule has 0 spiro atoms. The van der Waals surface area contributed by atoms with E-state index < -0.39 is 0 Å². The maximum Gasteiger partial charge on any atom is 0.264 e. The smallest absolute Gasteiger partial charge is 0.264 e. The Kier molecular flexibility index (Phi) is 5.11. The molecule has 0 aromatic rings. The molecule has 3 heteroatoms. The number of hydrazine groups is 1. The van der Waals surface area contributed by atoms with Crippen LogP contribution in [0.25, 0.3) is 0 Å². The Hall–Kier alpha value is -1.09. The number of carbonyl (C=O) groups is 1. The number of nitrogens with one attached hydrogen (secondary N) is 1. The maximum absolute atomic E-state index is 10.9. The summed E-state index contributed by atoms with van der Waals surface area (Å²) in [4.78, 5) is 10.9. The van der Waals surface area contributed by atoms with E-state index in [1.165, 1.54) is 0 Å². The molecule has 0 atom stereocenters. The van der Waals surface area contributed by atoms with Crippen molar-refractivity contribution in [3.63, 3.8) is 0 Å². The van der Waals surface area contributed by atoms with Crippen LogP contribution in [0.1, 0.15) is 20.3 Å². The van der Waals surface area contributed by atoms with Gasteiger partial charge in [-0.3, -0.25) is 10.2 Å². The van der Waals surface area contributed by atoms with Gasteiger partial charge in [-0.15, -0.1) is 0 Å². The fourth-order valence-corrected chi connectivity index (χ4v) is 0.631. The average Bonchev–Trinajstić information content (AvgIpc) is 2.05. The molecule has 3 nitrogen and oxygen atoms in total. The van der Waals surface area contributed by atoms with Gasteiger partial charge in [0, 0.05) is 5.57 Å². The van der Waals surface area contributed by atoms with Crippen LogP contribution in [0.3, 0.4) is 0 Å². The average molecular weight is 154 g/mol. The predicted octanol–water partition coefficient (Wildman–Crippen LogP) is 0.889. The van der Waals surface area contributed by atoms with E-state index >= 15 is 0 Å². The fraction of sp³-hybridized carbons (Fsp3) is 0.375. The molecule has 0 aromatic heterocycles. The molecule has 3 N–H and O–H groups in total.